The average Bonchev–Trinajstić information content (AvgIpc) is 3.28. The lowest BCUT2D eigenvalue weighted by Crippen LogP contribution is -2.39. The van der Waals surface area contributed by atoms with Crippen LogP contribution in [0.5, 0.6) is 11.5 Å². The first-order valence-corrected chi connectivity index (χ1v) is 11.7. The van der Waals surface area contributed by atoms with Crippen molar-refractivity contribution in [2.24, 2.45) is 0 Å². The summed E-state index contributed by atoms with van der Waals surface area (Å²) in [5, 5.41) is 14.1. The van der Waals surface area contributed by atoms with E-state index in [9.17, 15) is 4.79 Å². The number of methoxy groups -OCH3 is 1. The summed E-state index contributed by atoms with van der Waals surface area (Å²) in [6, 6.07) is 11.3. The largest absolute Gasteiger partial charge is 0.497 e. The highest BCUT2D eigenvalue weighted by molar-refractivity contribution is 5.86. The molecular weight excluding hydrogens is 460 g/mol. The standard InChI is InChI=1S/C26H28N6O4/c1-26(2,3)36-25(33)31-13-10-17(11-14-31)20-7-8-23-28-29-24(32(23)30-20)16-35-22-9-12-27-21-15-18(34-4)5-6-19(21)22/h5-10,12,15H,11,13-14,16H2,1-4H3. The Balaban J connectivity index is 1.33. The van der Waals surface area contributed by atoms with E-state index >= 15 is 0 Å². The first-order chi connectivity index (χ1) is 17.3. The Bertz CT molecular complexity index is 1460. The molecule has 0 spiro atoms. The molecule has 186 valence electrons. The van der Waals surface area contributed by atoms with Crippen LogP contribution in [0.25, 0.3) is 22.1 Å². The third kappa shape index (κ3) is 4.93. The molecule has 10 heteroatoms. The van der Waals surface area contributed by atoms with Crippen LogP contribution in [0.15, 0.2) is 48.7 Å². The summed E-state index contributed by atoms with van der Waals surface area (Å²) in [4.78, 5) is 18.5. The van der Waals surface area contributed by atoms with Gasteiger partial charge in [-0.05, 0) is 63.1 Å². The molecule has 0 aliphatic carbocycles. The fourth-order valence-electron chi connectivity index (χ4n) is 3.99. The molecule has 1 aromatic carbocycles. The summed E-state index contributed by atoms with van der Waals surface area (Å²) in [5.41, 5.74) is 2.77. The number of carbonyl (C=O) groups is 1. The molecule has 1 aliphatic rings. The lowest BCUT2D eigenvalue weighted by Gasteiger charge is -2.29. The SMILES string of the molecule is COc1ccc2c(OCc3nnc4ccc(C5=CCN(C(=O)OC(C)(C)C)CC5)nn34)ccnc2c1. The Morgan fingerprint density at radius 2 is 1.97 bits per heavy atom. The van der Waals surface area contributed by atoms with E-state index in [0.29, 0.717) is 36.7 Å². The van der Waals surface area contributed by atoms with Crippen LogP contribution < -0.4 is 9.47 Å². The molecule has 0 unspecified atom stereocenters. The normalized spacial score (nSPS) is 14.1. The predicted octanol–water partition coefficient (Wildman–Crippen LogP) is 4.28. The van der Waals surface area contributed by atoms with E-state index in [1.54, 1.807) is 22.7 Å². The van der Waals surface area contributed by atoms with Gasteiger partial charge in [-0.1, -0.05) is 6.08 Å². The molecule has 0 N–H and O–H groups in total. The molecule has 5 rings (SSSR count). The molecular formula is C26H28N6O4. The topological polar surface area (TPSA) is 104 Å². The molecule has 4 heterocycles. The van der Waals surface area contributed by atoms with E-state index < -0.39 is 5.60 Å². The van der Waals surface area contributed by atoms with Gasteiger partial charge in [-0.2, -0.15) is 9.61 Å². The number of nitrogens with zero attached hydrogens (tertiary/aromatic N) is 6. The number of fused-ring (bicyclic) bond motifs is 2. The van der Waals surface area contributed by atoms with Crippen molar-refractivity contribution in [3.8, 4) is 11.5 Å². The van der Waals surface area contributed by atoms with Crippen molar-refractivity contribution in [1.29, 1.82) is 0 Å². The summed E-state index contributed by atoms with van der Waals surface area (Å²) in [6.07, 6.45) is 4.09. The van der Waals surface area contributed by atoms with Gasteiger partial charge in [-0.3, -0.25) is 4.98 Å². The number of hydrogen-bond donors (Lipinski definition) is 0. The Hall–Kier alpha value is -4.21. The molecule has 0 radical (unpaired) electrons. The molecule has 1 aliphatic heterocycles. The Labute approximate surface area is 208 Å². The lowest BCUT2D eigenvalue weighted by molar-refractivity contribution is 0.0270. The second kappa shape index (κ2) is 9.44. The zero-order valence-electron chi connectivity index (χ0n) is 20.8. The van der Waals surface area contributed by atoms with E-state index in [2.05, 4.69) is 15.2 Å². The predicted molar refractivity (Wildman–Crippen MR) is 134 cm³/mol. The number of ether oxygens (including phenoxy) is 3. The van der Waals surface area contributed by atoms with Crippen molar-refractivity contribution in [2.45, 2.75) is 39.4 Å². The van der Waals surface area contributed by atoms with Gasteiger partial charge in [-0.15, -0.1) is 10.2 Å². The summed E-state index contributed by atoms with van der Waals surface area (Å²) < 4.78 is 18.6. The summed E-state index contributed by atoms with van der Waals surface area (Å²) in [7, 11) is 1.62. The minimum absolute atomic E-state index is 0.189. The van der Waals surface area contributed by atoms with Crippen LogP contribution in [0.2, 0.25) is 0 Å². The Morgan fingerprint density at radius 1 is 1.11 bits per heavy atom. The molecule has 0 saturated heterocycles. The monoisotopic (exact) mass is 488 g/mol. The van der Waals surface area contributed by atoms with Crippen molar-refractivity contribution in [3.63, 3.8) is 0 Å². The van der Waals surface area contributed by atoms with Gasteiger partial charge in [-0.25, -0.2) is 4.79 Å². The van der Waals surface area contributed by atoms with Crippen molar-refractivity contribution < 1.29 is 19.0 Å². The smallest absolute Gasteiger partial charge is 0.410 e. The lowest BCUT2D eigenvalue weighted by atomic mass is 10.0. The highest BCUT2D eigenvalue weighted by atomic mass is 16.6. The summed E-state index contributed by atoms with van der Waals surface area (Å²) >= 11 is 0. The molecule has 4 aromatic rings. The highest BCUT2D eigenvalue weighted by Crippen LogP contribution is 2.28. The van der Waals surface area contributed by atoms with Gasteiger partial charge >= 0.3 is 6.09 Å². The average molecular weight is 489 g/mol. The third-order valence-corrected chi connectivity index (χ3v) is 5.78. The Morgan fingerprint density at radius 3 is 2.72 bits per heavy atom. The van der Waals surface area contributed by atoms with E-state index in [1.165, 1.54) is 0 Å². The first-order valence-electron chi connectivity index (χ1n) is 11.7. The number of pyridine rings is 1. The first kappa shape index (κ1) is 23.5. The van der Waals surface area contributed by atoms with Crippen molar-refractivity contribution in [3.05, 3.63) is 60.2 Å². The quantitative estimate of drug-likeness (QED) is 0.410. The Kier molecular flexibility index (Phi) is 6.17. The van der Waals surface area contributed by atoms with Crippen LogP contribution in [-0.2, 0) is 11.3 Å². The molecule has 0 fully saturated rings. The number of hydrogen-bond acceptors (Lipinski definition) is 8. The fourth-order valence-corrected chi connectivity index (χ4v) is 3.99. The van der Waals surface area contributed by atoms with Gasteiger partial charge in [0.1, 0.15) is 23.7 Å². The van der Waals surface area contributed by atoms with Crippen molar-refractivity contribution in [2.75, 3.05) is 20.2 Å². The van der Waals surface area contributed by atoms with Crippen molar-refractivity contribution in [1.82, 2.24) is 29.7 Å². The van der Waals surface area contributed by atoms with Gasteiger partial charge in [0.25, 0.3) is 0 Å². The second-order valence-corrected chi connectivity index (χ2v) is 9.49. The maximum atomic E-state index is 12.4. The number of rotatable bonds is 5. The van der Waals surface area contributed by atoms with Gasteiger partial charge < -0.3 is 19.1 Å². The minimum atomic E-state index is -0.518. The molecule has 10 nitrogen and oxygen atoms in total. The zero-order chi connectivity index (χ0) is 25.3. The van der Waals surface area contributed by atoms with Gasteiger partial charge in [0.2, 0.25) is 0 Å². The summed E-state index contributed by atoms with van der Waals surface area (Å²) in [5.74, 6) is 2.00. The molecule has 0 saturated carbocycles. The van der Waals surface area contributed by atoms with Crippen LogP contribution in [0.4, 0.5) is 4.79 Å². The highest BCUT2D eigenvalue weighted by Gasteiger charge is 2.24. The maximum absolute atomic E-state index is 12.4. The maximum Gasteiger partial charge on any atom is 0.410 e. The molecule has 1 amide bonds. The molecule has 36 heavy (non-hydrogen) atoms. The van der Waals surface area contributed by atoms with E-state index in [-0.39, 0.29) is 12.7 Å². The number of amides is 1. The van der Waals surface area contributed by atoms with Gasteiger partial charge in [0.15, 0.2) is 11.5 Å². The molecule has 0 bridgehead atoms. The number of carbonyl (C=O) groups excluding carboxylic acids is 1. The van der Waals surface area contributed by atoms with E-state index in [4.69, 9.17) is 19.3 Å². The van der Waals surface area contributed by atoms with Crippen LogP contribution in [0.3, 0.4) is 0 Å². The van der Waals surface area contributed by atoms with Crippen LogP contribution >= 0.6 is 0 Å². The minimum Gasteiger partial charge on any atom is -0.497 e. The number of benzene rings is 1. The second-order valence-electron chi connectivity index (χ2n) is 9.49. The summed E-state index contributed by atoms with van der Waals surface area (Å²) in [6.45, 7) is 6.83. The number of aromatic nitrogens is 5. The fraction of sp³-hybridized carbons (Fsp3) is 0.346. The van der Waals surface area contributed by atoms with Gasteiger partial charge in [0.05, 0.1) is 18.3 Å². The van der Waals surface area contributed by atoms with Crippen LogP contribution in [0.1, 0.15) is 38.7 Å². The van der Waals surface area contributed by atoms with E-state index in [1.807, 2.05) is 63.2 Å². The molecule has 3 aromatic heterocycles. The van der Waals surface area contributed by atoms with E-state index in [0.717, 1.165) is 27.9 Å². The third-order valence-electron chi connectivity index (χ3n) is 5.78. The van der Waals surface area contributed by atoms with Crippen LogP contribution in [0, 0.1) is 0 Å². The van der Waals surface area contributed by atoms with Crippen LogP contribution in [-0.4, -0.2) is 61.6 Å². The van der Waals surface area contributed by atoms with Crippen molar-refractivity contribution >= 4 is 28.2 Å². The molecule has 0 atom stereocenters. The van der Waals surface area contributed by atoms with Gasteiger partial charge in [0, 0.05) is 30.7 Å². The zero-order valence-corrected chi connectivity index (χ0v) is 20.8.